The summed E-state index contributed by atoms with van der Waals surface area (Å²) in [5.74, 6) is -2.93. The zero-order chi connectivity index (χ0) is 16.0. The Labute approximate surface area is 118 Å². The molecular weight excluding hydrogens is 286 g/mol. The van der Waals surface area contributed by atoms with Crippen molar-refractivity contribution in [2.24, 2.45) is 0 Å². The molecule has 1 unspecified atom stereocenters. The number of hydrogen-bond acceptors (Lipinski definition) is 7. The van der Waals surface area contributed by atoms with E-state index in [1.807, 2.05) is 5.32 Å². The third-order valence-electron chi connectivity index (χ3n) is 2.20. The third-order valence-corrected chi connectivity index (χ3v) is 2.20. The number of furan rings is 1. The molecule has 0 fully saturated rings. The average Bonchev–Trinajstić information content (AvgIpc) is 2.88. The fraction of sp³-hybridized carbons (Fsp3) is 0.364. The molecule has 1 aromatic rings. The maximum Gasteiger partial charge on any atom is 0.433 e. The predicted octanol–water partition coefficient (Wildman–Crippen LogP) is 0.579. The highest BCUT2D eigenvalue weighted by Gasteiger charge is 2.24. The van der Waals surface area contributed by atoms with Gasteiger partial charge in [0.05, 0.1) is 6.07 Å². The monoisotopic (exact) mass is 299 g/mol. The molecule has 114 valence electrons. The Morgan fingerprint density at radius 1 is 1.43 bits per heavy atom. The molecule has 0 bridgehead atoms. The molecule has 0 spiro atoms. The number of imide groups is 1. The van der Waals surface area contributed by atoms with Crippen LogP contribution in [0.15, 0.2) is 16.5 Å². The number of esters is 1. The molecule has 10 nitrogen and oxygen atoms in total. The molecule has 0 saturated heterocycles. The first kappa shape index (κ1) is 16.1. The molecule has 10 heteroatoms. The molecule has 0 aliphatic rings. The van der Waals surface area contributed by atoms with Gasteiger partial charge in [0.15, 0.2) is 6.10 Å². The molecule has 2 N–H and O–H groups in total. The van der Waals surface area contributed by atoms with Crippen LogP contribution in [0.2, 0.25) is 0 Å². The Kier molecular flexibility index (Phi) is 5.40. The van der Waals surface area contributed by atoms with E-state index >= 15 is 0 Å². The van der Waals surface area contributed by atoms with Crippen molar-refractivity contribution in [3.05, 3.63) is 28.0 Å². The van der Waals surface area contributed by atoms with Crippen LogP contribution in [0.25, 0.3) is 0 Å². The van der Waals surface area contributed by atoms with Gasteiger partial charge >= 0.3 is 17.9 Å². The van der Waals surface area contributed by atoms with Crippen molar-refractivity contribution in [2.45, 2.75) is 20.0 Å². The van der Waals surface area contributed by atoms with Crippen LogP contribution in [0.1, 0.15) is 24.4 Å². The fourth-order valence-electron chi connectivity index (χ4n) is 1.23. The summed E-state index contributed by atoms with van der Waals surface area (Å²) in [5, 5.41) is 14.7. The van der Waals surface area contributed by atoms with Gasteiger partial charge in [0.25, 0.3) is 5.91 Å². The molecule has 0 aliphatic heterocycles. The van der Waals surface area contributed by atoms with Crippen molar-refractivity contribution >= 4 is 23.8 Å². The lowest BCUT2D eigenvalue weighted by Gasteiger charge is -2.11. The first-order chi connectivity index (χ1) is 9.85. The van der Waals surface area contributed by atoms with Gasteiger partial charge in [0, 0.05) is 6.54 Å². The highest BCUT2D eigenvalue weighted by molar-refractivity contribution is 5.98. The standard InChI is InChI=1S/C11H13N3O7/c1-3-12-11(17)13-9(15)6(2)20-10(16)7-4-5-8(21-7)14(18)19/h4-6H,3H2,1-2H3,(H2,12,13,15,17). The average molecular weight is 299 g/mol. The largest absolute Gasteiger partial charge is 0.447 e. The van der Waals surface area contributed by atoms with E-state index in [9.17, 15) is 24.5 Å². The summed E-state index contributed by atoms with van der Waals surface area (Å²) in [6.45, 7) is 3.23. The van der Waals surface area contributed by atoms with Crippen molar-refractivity contribution in [1.82, 2.24) is 10.6 Å². The Balaban J connectivity index is 2.58. The summed E-state index contributed by atoms with van der Waals surface area (Å²) in [6, 6.07) is 1.31. The molecule has 1 atom stereocenters. The van der Waals surface area contributed by atoms with E-state index in [0.29, 0.717) is 6.54 Å². The van der Waals surface area contributed by atoms with E-state index < -0.39 is 40.6 Å². The van der Waals surface area contributed by atoms with Gasteiger partial charge in [-0.15, -0.1) is 0 Å². The second-order valence-electron chi connectivity index (χ2n) is 3.79. The van der Waals surface area contributed by atoms with Crippen molar-refractivity contribution in [3.8, 4) is 0 Å². The summed E-state index contributed by atoms with van der Waals surface area (Å²) in [4.78, 5) is 43.8. The number of hydrogen-bond donors (Lipinski definition) is 2. The minimum absolute atomic E-state index is 0.323. The number of nitro groups is 1. The Morgan fingerprint density at radius 3 is 2.62 bits per heavy atom. The number of ether oxygens (including phenoxy) is 1. The second kappa shape index (κ2) is 7.03. The molecular formula is C11H13N3O7. The van der Waals surface area contributed by atoms with E-state index in [1.54, 1.807) is 6.92 Å². The van der Waals surface area contributed by atoms with E-state index in [4.69, 9.17) is 4.74 Å². The lowest BCUT2D eigenvalue weighted by molar-refractivity contribution is -0.402. The molecule has 0 aromatic carbocycles. The van der Waals surface area contributed by atoms with Crippen molar-refractivity contribution in [3.63, 3.8) is 0 Å². The fourth-order valence-corrected chi connectivity index (χ4v) is 1.23. The molecule has 0 radical (unpaired) electrons. The van der Waals surface area contributed by atoms with Crippen LogP contribution < -0.4 is 10.6 Å². The summed E-state index contributed by atoms with van der Waals surface area (Å²) in [7, 11) is 0. The molecule has 0 saturated carbocycles. The number of rotatable bonds is 5. The van der Waals surface area contributed by atoms with Crippen molar-refractivity contribution in [2.75, 3.05) is 6.54 Å². The van der Waals surface area contributed by atoms with Crippen LogP contribution in [0, 0.1) is 10.1 Å². The van der Waals surface area contributed by atoms with E-state index in [1.165, 1.54) is 6.92 Å². The Hall–Kier alpha value is -2.91. The van der Waals surface area contributed by atoms with Crippen molar-refractivity contribution < 1.29 is 28.5 Å². The molecule has 1 heterocycles. The van der Waals surface area contributed by atoms with Gasteiger partial charge in [0.1, 0.15) is 4.92 Å². The SMILES string of the molecule is CCNC(=O)NC(=O)C(C)OC(=O)c1ccc([N+](=O)[O-])o1. The maximum atomic E-state index is 11.6. The summed E-state index contributed by atoms with van der Waals surface area (Å²) in [6.07, 6.45) is -1.27. The first-order valence-electron chi connectivity index (χ1n) is 5.89. The topological polar surface area (TPSA) is 141 Å². The third kappa shape index (κ3) is 4.60. The highest BCUT2D eigenvalue weighted by Crippen LogP contribution is 2.16. The van der Waals surface area contributed by atoms with Gasteiger partial charge in [-0.25, -0.2) is 9.59 Å². The molecule has 1 rings (SSSR count). The van der Waals surface area contributed by atoms with E-state index in [2.05, 4.69) is 9.73 Å². The predicted molar refractivity (Wildman–Crippen MR) is 67.5 cm³/mol. The van der Waals surface area contributed by atoms with Gasteiger partial charge in [-0.2, -0.15) is 0 Å². The zero-order valence-corrected chi connectivity index (χ0v) is 11.2. The zero-order valence-electron chi connectivity index (χ0n) is 11.2. The smallest absolute Gasteiger partial charge is 0.433 e. The number of amides is 3. The number of urea groups is 1. The highest BCUT2D eigenvalue weighted by atomic mass is 16.7. The maximum absolute atomic E-state index is 11.6. The van der Waals surface area contributed by atoms with E-state index in [-0.39, 0.29) is 0 Å². The normalized spacial score (nSPS) is 11.3. The minimum Gasteiger partial charge on any atom is -0.447 e. The lowest BCUT2D eigenvalue weighted by atomic mass is 10.3. The second-order valence-corrected chi connectivity index (χ2v) is 3.79. The van der Waals surface area contributed by atoms with Crippen LogP contribution in [0.3, 0.4) is 0 Å². The Morgan fingerprint density at radius 2 is 2.10 bits per heavy atom. The van der Waals surface area contributed by atoms with Crippen LogP contribution in [-0.4, -0.2) is 35.5 Å². The molecule has 3 amide bonds. The van der Waals surface area contributed by atoms with Gasteiger partial charge in [-0.1, -0.05) is 0 Å². The number of nitrogens with one attached hydrogen (secondary N) is 2. The Bertz CT molecular complexity index is 566. The van der Waals surface area contributed by atoms with Crippen LogP contribution >= 0.6 is 0 Å². The minimum atomic E-state index is -1.27. The first-order valence-corrected chi connectivity index (χ1v) is 5.89. The van der Waals surface area contributed by atoms with Gasteiger partial charge in [0.2, 0.25) is 5.76 Å². The van der Waals surface area contributed by atoms with Crippen LogP contribution in [0.5, 0.6) is 0 Å². The van der Waals surface area contributed by atoms with Gasteiger partial charge in [-0.05, 0) is 19.9 Å². The number of carbonyl (C=O) groups is 3. The summed E-state index contributed by atoms with van der Waals surface area (Å²) < 4.78 is 9.35. The molecule has 0 aliphatic carbocycles. The molecule has 21 heavy (non-hydrogen) atoms. The van der Waals surface area contributed by atoms with Gasteiger partial charge < -0.3 is 14.5 Å². The lowest BCUT2D eigenvalue weighted by Crippen LogP contribution is -2.44. The van der Waals surface area contributed by atoms with Crippen LogP contribution in [-0.2, 0) is 9.53 Å². The van der Waals surface area contributed by atoms with Gasteiger partial charge in [-0.3, -0.25) is 20.2 Å². The van der Waals surface area contributed by atoms with Crippen LogP contribution in [0.4, 0.5) is 10.7 Å². The number of carbonyl (C=O) groups excluding carboxylic acids is 3. The quantitative estimate of drug-likeness (QED) is 0.460. The van der Waals surface area contributed by atoms with Crippen molar-refractivity contribution in [1.29, 1.82) is 0 Å². The van der Waals surface area contributed by atoms with E-state index in [0.717, 1.165) is 12.1 Å². The number of nitrogens with zero attached hydrogens (tertiary/aromatic N) is 1. The molecule has 1 aromatic heterocycles. The summed E-state index contributed by atoms with van der Waals surface area (Å²) in [5.41, 5.74) is 0. The summed E-state index contributed by atoms with van der Waals surface area (Å²) >= 11 is 0.